The van der Waals surface area contributed by atoms with Crippen LogP contribution in [-0.4, -0.2) is 58.9 Å². The van der Waals surface area contributed by atoms with Crippen molar-refractivity contribution in [3.63, 3.8) is 0 Å². The van der Waals surface area contributed by atoms with E-state index >= 15 is 0 Å². The summed E-state index contributed by atoms with van der Waals surface area (Å²) in [7, 11) is 0. The lowest BCUT2D eigenvalue weighted by atomic mass is 9.95. The van der Waals surface area contributed by atoms with Gasteiger partial charge in [0.25, 0.3) is 5.91 Å². The molecule has 0 aromatic heterocycles. The van der Waals surface area contributed by atoms with Crippen molar-refractivity contribution in [1.82, 2.24) is 9.80 Å². The molecule has 8 heteroatoms. The van der Waals surface area contributed by atoms with E-state index in [-0.39, 0.29) is 24.1 Å². The maximum atomic E-state index is 13.6. The van der Waals surface area contributed by atoms with Crippen LogP contribution in [0.4, 0.5) is 15.8 Å². The van der Waals surface area contributed by atoms with Gasteiger partial charge in [-0.15, -0.1) is 0 Å². The molecule has 1 N–H and O–H groups in total. The maximum Gasteiger partial charge on any atom is 0.256 e. The van der Waals surface area contributed by atoms with E-state index in [0.29, 0.717) is 23.3 Å². The summed E-state index contributed by atoms with van der Waals surface area (Å²) in [6.07, 6.45) is 3.22. The Morgan fingerprint density at radius 3 is 2.37 bits per heavy atom. The summed E-state index contributed by atoms with van der Waals surface area (Å²) in [5, 5.41) is 3.24. The zero-order valence-electron chi connectivity index (χ0n) is 20.4. The molecule has 2 aliphatic rings. The number of thiocarbonyl (C=S) groups is 1. The Morgan fingerprint density at radius 1 is 1.09 bits per heavy atom. The Labute approximate surface area is 212 Å². The highest BCUT2D eigenvalue weighted by Gasteiger charge is 2.45. The highest BCUT2D eigenvalue weighted by atomic mass is 32.1. The highest BCUT2D eigenvalue weighted by Crippen LogP contribution is 2.30. The number of aryl methyl sites for hydroxylation is 1. The second-order valence-corrected chi connectivity index (χ2v) is 9.87. The fourth-order valence-corrected chi connectivity index (χ4v) is 5.28. The first kappa shape index (κ1) is 25.3. The SMILES string of the molecule is CCCN1CCC(CN2C(=S)N(c3ccc(C)cc3)C(=O)C2CC(=O)Nc2ccc(F)cc2)CC1. The Bertz CT molecular complexity index is 1050. The number of anilines is 2. The Balaban J connectivity index is 1.51. The second kappa shape index (κ2) is 11.3. The molecule has 1 unspecified atom stereocenters. The minimum Gasteiger partial charge on any atom is -0.336 e. The monoisotopic (exact) mass is 496 g/mol. The maximum absolute atomic E-state index is 13.6. The van der Waals surface area contributed by atoms with Crippen molar-refractivity contribution < 1.29 is 14.0 Å². The van der Waals surface area contributed by atoms with E-state index < -0.39 is 6.04 Å². The average Bonchev–Trinajstić information content (AvgIpc) is 3.06. The number of benzene rings is 2. The normalized spacial score (nSPS) is 19.5. The Morgan fingerprint density at radius 2 is 1.74 bits per heavy atom. The standard InChI is InChI=1S/C27H33FN4O2S/c1-3-14-30-15-12-20(13-16-30)18-31-24(17-25(33)29-22-8-6-21(28)7-9-22)26(34)32(27(31)35)23-10-4-19(2)5-11-23/h4-11,20,24H,3,12-18H2,1-2H3,(H,29,33). The van der Waals surface area contributed by atoms with E-state index in [4.69, 9.17) is 12.2 Å². The molecule has 0 radical (unpaired) electrons. The van der Waals surface area contributed by atoms with Crippen LogP contribution >= 0.6 is 12.2 Å². The molecule has 0 saturated carbocycles. The van der Waals surface area contributed by atoms with Crippen molar-refractivity contribution in [2.45, 2.75) is 45.6 Å². The van der Waals surface area contributed by atoms with Crippen molar-refractivity contribution in [3.8, 4) is 0 Å². The average molecular weight is 497 g/mol. The largest absolute Gasteiger partial charge is 0.336 e. The van der Waals surface area contributed by atoms with E-state index in [9.17, 15) is 14.0 Å². The van der Waals surface area contributed by atoms with Gasteiger partial charge in [0.15, 0.2) is 5.11 Å². The van der Waals surface area contributed by atoms with Crippen molar-refractivity contribution in [2.75, 3.05) is 36.4 Å². The van der Waals surface area contributed by atoms with Crippen LogP contribution in [0.25, 0.3) is 0 Å². The number of hydrogen-bond acceptors (Lipinski definition) is 4. The molecule has 2 heterocycles. The van der Waals surface area contributed by atoms with Gasteiger partial charge in [0, 0.05) is 12.2 Å². The number of carbonyl (C=O) groups excluding carboxylic acids is 2. The van der Waals surface area contributed by atoms with Gasteiger partial charge in [0.05, 0.1) is 12.1 Å². The smallest absolute Gasteiger partial charge is 0.256 e. The number of halogens is 1. The zero-order chi connectivity index (χ0) is 24.9. The Hall–Kier alpha value is -2.84. The summed E-state index contributed by atoms with van der Waals surface area (Å²) in [5.41, 5.74) is 2.31. The van der Waals surface area contributed by atoms with Crippen molar-refractivity contribution >= 4 is 40.5 Å². The lowest BCUT2D eigenvalue weighted by Crippen LogP contribution is -2.44. The van der Waals surface area contributed by atoms with Gasteiger partial charge < -0.3 is 15.1 Å². The quantitative estimate of drug-likeness (QED) is 0.542. The third-order valence-electron chi connectivity index (χ3n) is 6.82. The van der Waals surface area contributed by atoms with Crippen LogP contribution in [0.15, 0.2) is 48.5 Å². The third kappa shape index (κ3) is 6.05. The Kier molecular flexibility index (Phi) is 8.13. The molecule has 1 atom stereocenters. The van der Waals surface area contributed by atoms with Gasteiger partial charge in [-0.2, -0.15) is 0 Å². The van der Waals surface area contributed by atoms with Crippen LogP contribution in [0, 0.1) is 18.7 Å². The summed E-state index contributed by atoms with van der Waals surface area (Å²) in [4.78, 5) is 32.5. The van der Waals surface area contributed by atoms with Gasteiger partial charge in [0.1, 0.15) is 11.9 Å². The number of nitrogens with one attached hydrogen (secondary N) is 1. The van der Waals surface area contributed by atoms with Gasteiger partial charge >= 0.3 is 0 Å². The predicted molar refractivity (Wildman–Crippen MR) is 141 cm³/mol. The van der Waals surface area contributed by atoms with Crippen LogP contribution in [0.3, 0.4) is 0 Å². The molecule has 0 spiro atoms. The topological polar surface area (TPSA) is 55.9 Å². The van der Waals surface area contributed by atoms with Crippen LogP contribution in [0.2, 0.25) is 0 Å². The first-order chi connectivity index (χ1) is 16.9. The summed E-state index contributed by atoms with van der Waals surface area (Å²) in [6, 6.07) is 12.6. The van der Waals surface area contributed by atoms with Gasteiger partial charge in [-0.25, -0.2) is 4.39 Å². The molecule has 2 amide bonds. The van der Waals surface area contributed by atoms with E-state index in [1.54, 1.807) is 4.90 Å². The number of piperidine rings is 1. The third-order valence-corrected chi connectivity index (χ3v) is 7.24. The second-order valence-electron chi connectivity index (χ2n) is 9.50. The molecule has 0 aliphatic carbocycles. The summed E-state index contributed by atoms with van der Waals surface area (Å²) >= 11 is 5.81. The summed E-state index contributed by atoms with van der Waals surface area (Å²) < 4.78 is 13.2. The fourth-order valence-electron chi connectivity index (χ4n) is 4.88. The van der Waals surface area contributed by atoms with E-state index in [1.807, 2.05) is 36.1 Å². The van der Waals surface area contributed by atoms with Crippen molar-refractivity contribution in [2.24, 2.45) is 5.92 Å². The number of hydrogen-bond donors (Lipinski definition) is 1. The van der Waals surface area contributed by atoms with Gasteiger partial charge in [-0.3, -0.25) is 14.5 Å². The van der Waals surface area contributed by atoms with Crippen molar-refractivity contribution in [1.29, 1.82) is 0 Å². The van der Waals surface area contributed by atoms with Crippen LogP contribution < -0.4 is 10.2 Å². The van der Waals surface area contributed by atoms with Gasteiger partial charge in [-0.1, -0.05) is 24.6 Å². The minimum atomic E-state index is -0.669. The minimum absolute atomic E-state index is 0.0204. The van der Waals surface area contributed by atoms with Gasteiger partial charge in [-0.05, 0) is 100 Å². The van der Waals surface area contributed by atoms with E-state index in [0.717, 1.165) is 50.1 Å². The summed E-state index contributed by atoms with van der Waals surface area (Å²) in [6.45, 7) is 8.05. The molecule has 35 heavy (non-hydrogen) atoms. The van der Waals surface area contributed by atoms with Gasteiger partial charge in [0.2, 0.25) is 5.91 Å². The number of carbonyl (C=O) groups is 2. The number of amides is 2. The van der Waals surface area contributed by atoms with Crippen LogP contribution in [0.5, 0.6) is 0 Å². The number of rotatable bonds is 8. The number of likely N-dealkylation sites (tertiary alicyclic amines) is 1. The highest BCUT2D eigenvalue weighted by molar-refractivity contribution is 7.80. The fraction of sp³-hybridized carbons (Fsp3) is 0.444. The zero-order valence-corrected chi connectivity index (χ0v) is 21.2. The molecule has 2 aliphatic heterocycles. The summed E-state index contributed by atoms with van der Waals surface area (Å²) in [5.74, 6) is -0.443. The van der Waals surface area contributed by atoms with Crippen LogP contribution in [0.1, 0.15) is 38.2 Å². The number of nitrogens with zero attached hydrogens (tertiary/aromatic N) is 3. The molecule has 0 bridgehead atoms. The molecule has 2 saturated heterocycles. The van der Waals surface area contributed by atoms with E-state index in [1.165, 1.54) is 24.3 Å². The first-order valence-corrected chi connectivity index (χ1v) is 12.8. The molecule has 2 aromatic carbocycles. The predicted octanol–water partition coefficient (Wildman–Crippen LogP) is 4.59. The molecule has 4 rings (SSSR count). The molecule has 2 fully saturated rings. The lowest BCUT2D eigenvalue weighted by Gasteiger charge is -2.35. The van der Waals surface area contributed by atoms with E-state index in [2.05, 4.69) is 17.1 Å². The molecule has 2 aromatic rings. The van der Waals surface area contributed by atoms with Crippen LogP contribution in [-0.2, 0) is 9.59 Å². The molecule has 186 valence electrons. The molecular formula is C27H33FN4O2S. The lowest BCUT2D eigenvalue weighted by molar-refractivity contribution is -0.124. The molecule has 6 nitrogen and oxygen atoms in total. The van der Waals surface area contributed by atoms with Crippen molar-refractivity contribution in [3.05, 3.63) is 59.9 Å². The molecular weight excluding hydrogens is 463 g/mol. The first-order valence-electron chi connectivity index (χ1n) is 12.3.